The van der Waals surface area contributed by atoms with E-state index < -0.39 is 0 Å². The molecule has 0 aromatic carbocycles. The van der Waals surface area contributed by atoms with Crippen LogP contribution >= 0.6 is 23.4 Å². The van der Waals surface area contributed by atoms with Crippen molar-refractivity contribution in [2.45, 2.75) is 37.0 Å². The van der Waals surface area contributed by atoms with Crippen molar-refractivity contribution in [3.63, 3.8) is 0 Å². The number of piperidine rings is 1. The molecule has 2 N–H and O–H groups in total. The molecule has 0 spiro atoms. The summed E-state index contributed by atoms with van der Waals surface area (Å²) in [7, 11) is 0. The number of allylic oxidation sites excluding steroid dienone is 1. The van der Waals surface area contributed by atoms with Crippen molar-refractivity contribution < 1.29 is 0 Å². The highest BCUT2D eigenvalue weighted by molar-refractivity contribution is 8.03. The van der Waals surface area contributed by atoms with E-state index in [9.17, 15) is 0 Å². The number of hydrogen-bond acceptors (Lipinski definition) is 7. The fourth-order valence-corrected chi connectivity index (χ4v) is 6.22. The quantitative estimate of drug-likeness (QED) is 0.669. The number of halogens is 1. The maximum absolute atomic E-state index is 6.79. The third-order valence-electron chi connectivity index (χ3n) is 6.49. The van der Waals surface area contributed by atoms with Gasteiger partial charge in [0.25, 0.3) is 0 Å². The number of aryl methyl sites for hydroxylation is 1. The van der Waals surface area contributed by atoms with Crippen LogP contribution in [0.2, 0.25) is 5.02 Å². The molecular weight excluding hydrogens is 442 g/mol. The largest absolute Gasteiger partial charge is 0.354 e. The summed E-state index contributed by atoms with van der Waals surface area (Å²) in [5.74, 6) is 1.58. The van der Waals surface area contributed by atoms with Gasteiger partial charge in [0.2, 0.25) is 0 Å². The van der Waals surface area contributed by atoms with Crippen molar-refractivity contribution in [2.75, 3.05) is 24.5 Å². The van der Waals surface area contributed by atoms with Crippen LogP contribution in [0, 0.1) is 5.92 Å². The van der Waals surface area contributed by atoms with Crippen LogP contribution in [0.1, 0.15) is 19.0 Å². The molecule has 32 heavy (non-hydrogen) atoms. The van der Waals surface area contributed by atoms with Gasteiger partial charge in [0.05, 0.1) is 16.1 Å². The molecule has 164 valence electrons. The Labute approximate surface area is 195 Å². The Balaban J connectivity index is 1.40. The molecule has 0 radical (unpaired) electrons. The second-order valence-corrected chi connectivity index (χ2v) is 10.1. The molecule has 4 aliphatic rings. The monoisotopic (exact) mass is 465 g/mol. The van der Waals surface area contributed by atoms with Gasteiger partial charge < -0.3 is 15.2 Å². The number of aromatic nitrogens is 3. The number of H-pyrrole nitrogens is 1. The number of thioether (sulfide) groups is 1. The SMILES string of the molecule is C=C1C=C(Sc2nc(N3CC4CNC(C4)C3)c3c(Cl)c(CC)[nH]c3n2)C=C2N=CC=NC12. The average molecular weight is 466 g/mol. The lowest BCUT2D eigenvalue weighted by atomic mass is 10.00. The summed E-state index contributed by atoms with van der Waals surface area (Å²) in [6, 6.07) is 0.419. The van der Waals surface area contributed by atoms with E-state index in [-0.39, 0.29) is 6.04 Å². The first-order valence-corrected chi connectivity index (χ1v) is 12.2. The van der Waals surface area contributed by atoms with Gasteiger partial charge in [-0.2, -0.15) is 0 Å². The minimum atomic E-state index is -0.0889. The standard InChI is InChI=1S/C23H24ClN7S/c1-3-16-19(24)18-21(28-16)29-23(30-22(18)31-10-13-7-14(11-31)27-9-13)32-15-6-12(2)20-17(8-15)25-4-5-26-20/h4-6,8,13-14,20,27H,2-3,7,9-11H2,1H3,(H,28,29,30). The fourth-order valence-electron chi connectivity index (χ4n) is 5.00. The normalized spacial score (nSPS) is 26.5. The second-order valence-electron chi connectivity index (χ2n) is 8.71. The molecule has 0 saturated carbocycles. The first-order chi connectivity index (χ1) is 15.6. The molecule has 5 heterocycles. The first kappa shape index (κ1) is 20.2. The van der Waals surface area contributed by atoms with E-state index >= 15 is 0 Å². The van der Waals surface area contributed by atoms with E-state index in [0.29, 0.717) is 17.1 Å². The van der Waals surface area contributed by atoms with Crippen LogP contribution in [0.4, 0.5) is 5.82 Å². The highest BCUT2D eigenvalue weighted by atomic mass is 35.5. The predicted molar refractivity (Wildman–Crippen MR) is 132 cm³/mol. The van der Waals surface area contributed by atoms with Gasteiger partial charge in [0, 0.05) is 48.7 Å². The summed E-state index contributed by atoms with van der Waals surface area (Å²) in [6.07, 6.45) is 9.60. The minimum Gasteiger partial charge on any atom is -0.354 e. The lowest BCUT2D eigenvalue weighted by molar-refractivity contribution is 0.472. The molecule has 7 nitrogen and oxygen atoms in total. The molecular formula is C23H24ClN7S. The van der Waals surface area contributed by atoms with Crippen LogP contribution < -0.4 is 10.2 Å². The van der Waals surface area contributed by atoms with Crippen LogP contribution in [0.15, 0.2) is 50.0 Å². The third kappa shape index (κ3) is 3.41. The smallest absolute Gasteiger partial charge is 0.196 e. The van der Waals surface area contributed by atoms with Crippen LogP contribution in [0.3, 0.4) is 0 Å². The summed E-state index contributed by atoms with van der Waals surface area (Å²) < 4.78 is 0. The molecule has 3 aliphatic heterocycles. The Morgan fingerprint density at radius 2 is 2.16 bits per heavy atom. The Morgan fingerprint density at radius 3 is 3.00 bits per heavy atom. The molecule has 2 aromatic heterocycles. The van der Waals surface area contributed by atoms with E-state index in [1.807, 2.05) is 0 Å². The molecule has 9 heteroatoms. The van der Waals surface area contributed by atoms with E-state index in [2.05, 4.69) is 50.8 Å². The summed E-state index contributed by atoms with van der Waals surface area (Å²) in [5.41, 5.74) is 3.63. The maximum Gasteiger partial charge on any atom is 0.196 e. The number of nitrogens with one attached hydrogen (secondary N) is 2. The summed E-state index contributed by atoms with van der Waals surface area (Å²) >= 11 is 8.32. The van der Waals surface area contributed by atoms with Crippen molar-refractivity contribution >= 4 is 52.6 Å². The molecule has 3 unspecified atom stereocenters. The number of nitrogens with zero attached hydrogens (tertiary/aromatic N) is 5. The third-order valence-corrected chi connectivity index (χ3v) is 7.75. The molecule has 2 bridgehead atoms. The zero-order valence-electron chi connectivity index (χ0n) is 17.8. The van der Waals surface area contributed by atoms with Crippen LogP contribution in [-0.2, 0) is 6.42 Å². The number of rotatable bonds is 4. The summed E-state index contributed by atoms with van der Waals surface area (Å²) in [5, 5.41) is 5.99. The molecule has 0 amide bonds. The number of fused-ring (bicyclic) bond motifs is 4. The fraction of sp³-hybridized carbons (Fsp3) is 0.391. The van der Waals surface area contributed by atoms with Crippen molar-refractivity contribution in [3.8, 4) is 0 Å². The highest BCUT2D eigenvalue weighted by Crippen LogP contribution is 2.40. The average Bonchev–Trinajstić information content (AvgIpc) is 3.30. The van der Waals surface area contributed by atoms with Gasteiger partial charge in [0.1, 0.15) is 17.5 Å². The minimum absolute atomic E-state index is 0.0889. The molecule has 6 rings (SSSR count). The van der Waals surface area contributed by atoms with Gasteiger partial charge in [-0.1, -0.05) is 25.1 Å². The van der Waals surface area contributed by atoms with E-state index in [4.69, 9.17) is 21.6 Å². The lowest BCUT2D eigenvalue weighted by Crippen LogP contribution is -2.41. The molecule has 2 saturated heterocycles. The number of aliphatic imine (C=N–C) groups is 2. The number of hydrogen-bond donors (Lipinski definition) is 2. The Hall–Kier alpha value is -2.42. The van der Waals surface area contributed by atoms with Gasteiger partial charge in [0.15, 0.2) is 5.16 Å². The summed E-state index contributed by atoms with van der Waals surface area (Å²) in [6.45, 7) is 9.28. The molecule has 3 atom stereocenters. The number of anilines is 1. The van der Waals surface area contributed by atoms with Gasteiger partial charge >= 0.3 is 0 Å². The van der Waals surface area contributed by atoms with Gasteiger partial charge in [-0.15, -0.1) is 0 Å². The molecule has 2 fully saturated rings. The zero-order chi connectivity index (χ0) is 21.8. The van der Waals surface area contributed by atoms with Crippen molar-refractivity contribution in [1.82, 2.24) is 20.3 Å². The zero-order valence-corrected chi connectivity index (χ0v) is 19.4. The van der Waals surface area contributed by atoms with Gasteiger partial charge in [-0.05, 0) is 48.2 Å². The van der Waals surface area contributed by atoms with E-state index in [0.717, 1.165) is 69.8 Å². The number of aromatic amines is 1. The Morgan fingerprint density at radius 1 is 1.25 bits per heavy atom. The summed E-state index contributed by atoms with van der Waals surface area (Å²) in [4.78, 5) is 25.6. The van der Waals surface area contributed by atoms with Crippen molar-refractivity contribution in [2.24, 2.45) is 15.9 Å². The highest BCUT2D eigenvalue weighted by Gasteiger charge is 2.35. The van der Waals surface area contributed by atoms with Crippen LogP contribution in [0.5, 0.6) is 0 Å². The lowest BCUT2D eigenvalue weighted by Gasteiger charge is -2.32. The van der Waals surface area contributed by atoms with E-state index in [1.165, 1.54) is 18.2 Å². The van der Waals surface area contributed by atoms with Crippen molar-refractivity contribution in [1.29, 1.82) is 0 Å². The van der Waals surface area contributed by atoms with Crippen LogP contribution in [-0.4, -0.2) is 59.1 Å². The van der Waals surface area contributed by atoms with Gasteiger partial charge in [-0.3, -0.25) is 9.98 Å². The Bertz CT molecular complexity index is 1230. The predicted octanol–water partition coefficient (Wildman–Crippen LogP) is 3.93. The van der Waals surface area contributed by atoms with Crippen molar-refractivity contribution in [3.05, 3.63) is 45.6 Å². The maximum atomic E-state index is 6.79. The van der Waals surface area contributed by atoms with E-state index in [1.54, 1.807) is 12.4 Å². The van der Waals surface area contributed by atoms with Gasteiger partial charge in [-0.25, -0.2) is 9.97 Å². The molecule has 2 aromatic rings. The Kier molecular flexibility index (Phi) is 4.97. The first-order valence-electron chi connectivity index (χ1n) is 11.0. The topological polar surface area (TPSA) is 81.6 Å². The second kappa shape index (κ2) is 7.86. The van der Waals surface area contributed by atoms with Crippen LogP contribution in [0.25, 0.3) is 11.0 Å². The molecule has 1 aliphatic carbocycles.